The molecular weight excluding hydrogens is 238 g/mol. The Labute approximate surface area is 115 Å². The smallest absolute Gasteiger partial charge is 0.221 e. The Kier molecular flexibility index (Phi) is 4.80. The Morgan fingerprint density at radius 3 is 2.63 bits per heavy atom. The van der Waals surface area contributed by atoms with Gasteiger partial charge in [0.25, 0.3) is 0 Å². The average molecular weight is 261 g/mol. The van der Waals surface area contributed by atoms with Crippen LogP contribution < -0.4 is 11.1 Å². The van der Waals surface area contributed by atoms with Gasteiger partial charge in [-0.2, -0.15) is 0 Å². The van der Waals surface area contributed by atoms with E-state index in [0.717, 1.165) is 18.8 Å². The van der Waals surface area contributed by atoms with E-state index in [9.17, 15) is 4.79 Å². The SMILES string of the molecule is CCNC(=O)CCN(Cc1ccc(N)cc1)C1CC1. The van der Waals surface area contributed by atoms with Crippen molar-refractivity contribution in [3.8, 4) is 0 Å². The Hall–Kier alpha value is -1.55. The van der Waals surface area contributed by atoms with Crippen molar-refractivity contribution in [1.29, 1.82) is 0 Å². The normalized spacial score (nSPS) is 14.6. The van der Waals surface area contributed by atoms with Crippen LogP contribution in [0.2, 0.25) is 0 Å². The summed E-state index contributed by atoms with van der Waals surface area (Å²) >= 11 is 0. The highest BCUT2D eigenvalue weighted by molar-refractivity contribution is 5.75. The number of carbonyl (C=O) groups is 1. The highest BCUT2D eigenvalue weighted by atomic mass is 16.1. The molecule has 2 rings (SSSR count). The summed E-state index contributed by atoms with van der Waals surface area (Å²) in [6, 6.07) is 8.66. The fourth-order valence-corrected chi connectivity index (χ4v) is 2.22. The van der Waals surface area contributed by atoms with Gasteiger partial charge < -0.3 is 11.1 Å². The molecule has 3 N–H and O–H groups in total. The number of amides is 1. The van der Waals surface area contributed by atoms with Crippen molar-refractivity contribution in [2.75, 3.05) is 18.8 Å². The van der Waals surface area contributed by atoms with E-state index in [2.05, 4.69) is 22.3 Å². The number of hydrogen-bond donors (Lipinski definition) is 2. The molecule has 1 aromatic carbocycles. The zero-order valence-corrected chi connectivity index (χ0v) is 11.6. The third kappa shape index (κ3) is 4.56. The van der Waals surface area contributed by atoms with Gasteiger partial charge in [-0.3, -0.25) is 9.69 Å². The molecule has 1 amide bonds. The molecule has 0 bridgehead atoms. The summed E-state index contributed by atoms with van der Waals surface area (Å²) in [5.74, 6) is 0.144. The summed E-state index contributed by atoms with van der Waals surface area (Å²) in [7, 11) is 0. The Morgan fingerprint density at radius 2 is 2.05 bits per heavy atom. The number of nitrogens with two attached hydrogens (primary N) is 1. The Balaban J connectivity index is 1.86. The fraction of sp³-hybridized carbons (Fsp3) is 0.533. The van der Waals surface area contributed by atoms with Gasteiger partial charge in [-0.25, -0.2) is 0 Å². The number of nitrogens with zero attached hydrogens (tertiary/aromatic N) is 1. The number of hydrogen-bond acceptors (Lipinski definition) is 3. The molecule has 0 aromatic heterocycles. The second kappa shape index (κ2) is 6.57. The second-order valence-corrected chi connectivity index (χ2v) is 5.15. The minimum atomic E-state index is 0.144. The molecule has 1 aliphatic rings. The largest absolute Gasteiger partial charge is 0.399 e. The van der Waals surface area contributed by atoms with E-state index < -0.39 is 0 Å². The second-order valence-electron chi connectivity index (χ2n) is 5.15. The number of benzene rings is 1. The molecule has 0 spiro atoms. The average Bonchev–Trinajstić information content (AvgIpc) is 3.21. The van der Waals surface area contributed by atoms with E-state index in [-0.39, 0.29) is 5.91 Å². The van der Waals surface area contributed by atoms with Crippen LogP contribution in [0.25, 0.3) is 0 Å². The summed E-state index contributed by atoms with van der Waals surface area (Å²) in [4.78, 5) is 13.9. The number of nitrogens with one attached hydrogen (secondary N) is 1. The number of rotatable bonds is 7. The lowest BCUT2D eigenvalue weighted by molar-refractivity contribution is -0.121. The molecule has 1 aliphatic carbocycles. The van der Waals surface area contributed by atoms with Gasteiger partial charge in [0.2, 0.25) is 5.91 Å². The van der Waals surface area contributed by atoms with Crippen LogP contribution in [0.3, 0.4) is 0 Å². The first-order chi connectivity index (χ1) is 9.19. The number of carbonyl (C=O) groups excluding carboxylic acids is 1. The molecule has 1 saturated carbocycles. The molecule has 1 aromatic rings. The van der Waals surface area contributed by atoms with Crippen molar-refractivity contribution in [3.63, 3.8) is 0 Å². The molecule has 0 unspecified atom stereocenters. The topological polar surface area (TPSA) is 58.4 Å². The Morgan fingerprint density at radius 1 is 1.37 bits per heavy atom. The third-order valence-corrected chi connectivity index (χ3v) is 3.43. The van der Waals surface area contributed by atoms with Crippen LogP contribution in [0.4, 0.5) is 5.69 Å². The molecule has 4 nitrogen and oxygen atoms in total. The molecular formula is C15H23N3O. The first-order valence-electron chi connectivity index (χ1n) is 7.04. The molecule has 0 aliphatic heterocycles. The molecule has 0 saturated heterocycles. The van der Waals surface area contributed by atoms with Crippen molar-refractivity contribution in [1.82, 2.24) is 10.2 Å². The summed E-state index contributed by atoms with van der Waals surface area (Å²) in [5.41, 5.74) is 7.75. The van der Waals surface area contributed by atoms with Crippen LogP contribution in [0.15, 0.2) is 24.3 Å². The van der Waals surface area contributed by atoms with Gasteiger partial charge in [-0.1, -0.05) is 12.1 Å². The van der Waals surface area contributed by atoms with Gasteiger partial charge in [0, 0.05) is 37.8 Å². The highest BCUT2D eigenvalue weighted by Gasteiger charge is 2.28. The van der Waals surface area contributed by atoms with E-state index in [1.807, 2.05) is 19.1 Å². The first kappa shape index (κ1) is 13.9. The number of anilines is 1. The molecule has 104 valence electrons. The van der Waals surface area contributed by atoms with Crippen molar-refractivity contribution in [2.24, 2.45) is 0 Å². The Bertz CT molecular complexity index is 412. The van der Waals surface area contributed by atoms with Gasteiger partial charge in [-0.05, 0) is 37.5 Å². The van der Waals surface area contributed by atoms with Crippen molar-refractivity contribution >= 4 is 11.6 Å². The summed E-state index contributed by atoms with van der Waals surface area (Å²) in [6.07, 6.45) is 3.09. The van der Waals surface area contributed by atoms with Crippen LogP contribution >= 0.6 is 0 Å². The van der Waals surface area contributed by atoms with Crippen molar-refractivity contribution in [2.45, 2.75) is 38.8 Å². The minimum Gasteiger partial charge on any atom is -0.399 e. The van der Waals surface area contributed by atoms with Gasteiger partial charge in [0.05, 0.1) is 0 Å². The lowest BCUT2D eigenvalue weighted by atomic mass is 10.2. The maximum absolute atomic E-state index is 11.5. The van der Waals surface area contributed by atoms with Crippen LogP contribution in [-0.4, -0.2) is 29.9 Å². The molecule has 1 fully saturated rings. The van der Waals surface area contributed by atoms with Crippen molar-refractivity contribution < 1.29 is 4.79 Å². The van der Waals surface area contributed by atoms with Crippen LogP contribution in [0.5, 0.6) is 0 Å². The molecule has 0 heterocycles. The predicted molar refractivity (Wildman–Crippen MR) is 77.6 cm³/mol. The van der Waals surface area contributed by atoms with E-state index in [1.165, 1.54) is 18.4 Å². The molecule has 19 heavy (non-hydrogen) atoms. The van der Waals surface area contributed by atoms with Crippen LogP contribution in [0.1, 0.15) is 31.7 Å². The zero-order chi connectivity index (χ0) is 13.7. The van der Waals surface area contributed by atoms with E-state index in [0.29, 0.717) is 19.0 Å². The molecule has 4 heteroatoms. The standard InChI is InChI=1S/C15H23N3O/c1-2-17-15(19)9-10-18(14-7-8-14)11-12-3-5-13(16)6-4-12/h3-6,14H,2,7-11,16H2,1H3,(H,17,19). The lowest BCUT2D eigenvalue weighted by Crippen LogP contribution is -2.31. The highest BCUT2D eigenvalue weighted by Crippen LogP contribution is 2.28. The van der Waals surface area contributed by atoms with E-state index >= 15 is 0 Å². The lowest BCUT2D eigenvalue weighted by Gasteiger charge is -2.21. The van der Waals surface area contributed by atoms with Gasteiger partial charge in [0.15, 0.2) is 0 Å². The van der Waals surface area contributed by atoms with Crippen molar-refractivity contribution in [3.05, 3.63) is 29.8 Å². The fourth-order valence-electron chi connectivity index (χ4n) is 2.22. The summed E-state index contributed by atoms with van der Waals surface area (Å²) in [6.45, 7) is 4.40. The summed E-state index contributed by atoms with van der Waals surface area (Å²) < 4.78 is 0. The van der Waals surface area contributed by atoms with Crippen LogP contribution in [-0.2, 0) is 11.3 Å². The van der Waals surface area contributed by atoms with Crippen LogP contribution in [0, 0.1) is 0 Å². The maximum atomic E-state index is 11.5. The minimum absolute atomic E-state index is 0.144. The monoisotopic (exact) mass is 261 g/mol. The quantitative estimate of drug-likeness (QED) is 0.735. The summed E-state index contributed by atoms with van der Waals surface area (Å²) in [5, 5.41) is 2.85. The molecule has 0 radical (unpaired) electrons. The van der Waals surface area contributed by atoms with Gasteiger partial charge in [-0.15, -0.1) is 0 Å². The number of nitrogen functional groups attached to an aromatic ring is 1. The van der Waals surface area contributed by atoms with Gasteiger partial charge >= 0.3 is 0 Å². The predicted octanol–water partition coefficient (Wildman–Crippen LogP) is 1.76. The zero-order valence-electron chi connectivity index (χ0n) is 11.6. The van der Waals surface area contributed by atoms with E-state index in [1.54, 1.807) is 0 Å². The molecule has 0 atom stereocenters. The van der Waals surface area contributed by atoms with E-state index in [4.69, 9.17) is 5.73 Å². The third-order valence-electron chi connectivity index (χ3n) is 3.43. The first-order valence-corrected chi connectivity index (χ1v) is 7.04. The van der Waals surface area contributed by atoms with Gasteiger partial charge in [0.1, 0.15) is 0 Å². The maximum Gasteiger partial charge on any atom is 0.221 e.